The van der Waals surface area contributed by atoms with Crippen molar-refractivity contribution in [3.63, 3.8) is 0 Å². The van der Waals surface area contributed by atoms with Crippen molar-refractivity contribution >= 4 is 5.91 Å². The molecule has 0 aliphatic carbocycles. The number of hydrogen-bond donors (Lipinski definition) is 0. The maximum Gasteiger partial charge on any atom is 0.289 e. The molecule has 0 saturated heterocycles. The van der Waals surface area contributed by atoms with Gasteiger partial charge in [-0.15, -0.1) is 0 Å². The van der Waals surface area contributed by atoms with E-state index in [0.717, 1.165) is 0 Å². The van der Waals surface area contributed by atoms with Gasteiger partial charge >= 0.3 is 0 Å². The van der Waals surface area contributed by atoms with E-state index in [1.807, 2.05) is 0 Å². The largest absolute Gasteiger partial charge is 0.456 e. The predicted molar refractivity (Wildman–Crippen MR) is 49.6 cm³/mol. The first kappa shape index (κ1) is 10.1. The average Bonchev–Trinajstić information content (AvgIpc) is 2.61. The van der Waals surface area contributed by atoms with Crippen LogP contribution >= 0.6 is 0 Å². The summed E-state index contributed by atoms with van der Waals surface area (Å²) in [6.07, 6.45) is 0. The van der Waals surface area contributed by atoms with Crippen LogP contribution in [-0.4, -0.2) is 24.9 Å². The molecule has 1 aromatic rings. The number of rotatable bonds is 3. The van der Waals surface area contributed by atoms with Gasteiger partial charge in [0.2, 0.25) is 0 Å². The van der Waals surface area contributed by atoms with E-state index in [-0.39, 0.29) is 18.2 Å². The van der Waals surface area contributed by atoms with Crippen molar-refractivity contribution in [2.75, 3.05) is 14.1 Å². The van der Waals surface area contributed by atoms with Crippen LogP contribution < -0.4 is 0 Å². The summed E-state index contributed by atoms with van der Waals surface area (Å²) >= 11 is 0. The maximum absolute atomic E-state index is 11.4. The van der Waals surface area contributed by atoms with Gasteiger partial charge < -0.3 is 9.32 Å². The van der Waals surface area contributed by atoms with Gasteiger partial charge in [-0.25, -0.2) is 0 Å². The zero-order valence-electron chi connectivity index (χ0n) is 7.97. The van der Waals surface area contributed by atoms with Crippen LogP contribution in [0.4, 0.5) is 0 Å². The molecule has 6 heteroatoms. The van der Waals surface area contributed by atoms with Crippen LogP contribution in [0.15, 0.2) is 21.7 Å². The second-order valence-corrected chi connectivity index (χ2v) is 2.85. The van der Waals surface area contributed by atoms with Crippen LogP contribution in [0.1, 0.15) is 16.3 Å². The van der Waals surface area contributed by atoms with Crippen molar-refractivity contribution in [3.8, 4) is 0 Å². The topological polar surface area (TPSA) is 82.2 Å². The lowest BCUT2D eigenvalue weighted by Crippen LogP contribution is -2.20. The first-order valence-corrected chi connectivity index (χ1v) is 3.96. The summed E-state index contributed by atoms with van der Waals surface area (Å²) in [7, 11) is 3.27. The molecule has 0 N–H and O–H groups in total. The van der Waals surface area contributed by atoms with Gasteiger partial charge in [0.05, 0.1) is 6.54 Å². The second kappa shape index (κ2) is 4.34. The highest BCUT2D eigenvalue weighted by Crippen LogP contribution is 2.10. The summed E-state index contributed by atoms with van der Waals surface area (Å²) in [5.74, 6) is 0.517. The Kier molecular flexibility index (Phi) is 3.14. The Morgan fingerprint density at radius 3 is 2.93 bits per heavy atom. The van der Waals surface area contributed by atoms with E-state index in [4.69, 9.17) is 9.95 Å². The molecule has 0 fully saturated rings. The molecule has 1 rings (SSSR count). The summed E-state index contributed by atoms with van der Waals surface area (Å²) in [4.78, 5) is 15.4. The van der Waals surface area contributed by atoms with Gasteiger partial charge in [0, 0.05) is 19.0 Å². The van der Waals surface area contributed by atoms with Crippen molar-refractivity contribution in [1.82, 2.24) is 4.90 Å². The van der Waals surface area contributed by atoms with Gasteiger partial charge in [0.15, 0.2) is 5.76 Å². The molecule has 0 radical (unpaired) electrons. The first-order valence-electron chi connectivity index (χ1n) is 3.96. The third-order valence-corrected chi connectivity index (χ3v) is 1.57. The highest BCUT2D eigenvalue weighted by molar-refractivity contribution is 5.91. The minimum absolute atomic E-state index is 0.122. The molecule has 1 amide bonds. The van der Waals surface area contributed by atoms with Gasteiger partial charge in [0.25, 0.3) is 5.91 Å². The summed E-state index contributed by atoms with van der Waals surface area (Å²) in [6.45, 7) is 0.122. The molecule has 0 aliphatic rings. The molecule has 0 bridgehead atoms. The Labute approximate surface area is 80.7 Å². The second-order valence-electron chi connectivity index (χ2n) is 2.85. The van der Waals surface area contributed by atoms with Crippen molar-refractivity contribution < 1.29 is 9.21 Å². The van der Waals surface area contributed by atoms with Gasteiger partial charge in [-0.1, -0.05) is 5.11 Å². The fourth-order valence-corrected chi connectivity index (χ4v) is 0.900. The molecule has 6 nitrogen and oxygen atoms in total. The Balaban J connectivity index is 2.77. The van der Waals surface area contributed by atoms with Crippen molar-refractivity contribution in [2.45, 2.75) is 6.54 Å². The molecule has 0 unspecified atom stereocenters. The van der Waals surface area contributed by atoms with E-state index in [0.29, 0.717) is 5.76 Å². The lowest BCUT2D eigenvalue weighted by Gasteiger charge is -2.06. The van der Waals surface area contributed by atoms with Crippen LogP contribution in [0.25, 0.3) is 10.4 Å². The molecular weight excluding hydrogens is 184 g/mol. The molecule has 0 saturated carbocycles. The first-order chi connectivity index (χ1) is 6.65. The average molecular weight is 194 g/mol. The molecule has 0 spiro atoms. The van der Waals surface area contributed by atoms with Crippen LogP contribution in [0.2, 0.25) is 0 Å². The van der Waals surface area contributed by atoms with E-state index in [2.05, 4.69) is 10.0 Å². The summed E-state index contributed by atoms with van der Waals surface area (Å²) < 4.78 is 5.15. The number of amides is 1. The molecule has 0 atom stereocenters. The number of nitrogens with zero attached hydrogens (tertiary/aromatic N) is 4. The van der Waals surface area contributed by atoms with E-state index < -0.39 is 0 Å². The van der Waals surface area contributed by atoms with Gasteiger partial charge in [-0.05, 0) is 17.7 Å². The van der Waals surface area contributed by atoms with Crippen LogP contribution in [0.5, 0.6) is 0 Å². The van der Waals surface area contributed by atoms with Crippen LogP contribution in [0.3, 0.4) is 0 Å². The zero-order valence-corrected chi connectivity index (χ0v) is 7.97. The minimum Gasteiger partial charge on any atom is -0.456 e. The van der Waals surface area contributed by atoms with Crippen molar-refractivity contribution in [2.24, 2.45) is 5.11 Å². The van der Waals surface area contributed by atoms with E-state index in [1.165, 1.54) is 4.90 Å². The number of azide groups is 1. The fraction of sp³-hybridized carbons (Fsp3) is 0.375. The maximum atomic E-state index is 11.4. The Bertz CT molecular complexity index is 376. The van der Waals surface area contributed by atoms with Gasteiger partial charge in [-0.2, -0.15) is 0 Å². The molecule has 0 aromatic carbocycles. The Morgan fingerprint density at radius 2 is 2.36 bits per heavy atom. The lowest BCUT2D eigenvalue weighted by molar-refractivity contribution is 0.0795. The molecule has 14 heavy (non-hydrogen) atoms. The summed E-state index contributed by atoms with van der Waals surface area (Å²) in [5, 5.41) is 3.32. The number of carbonyl (C=O) groups is 1. The van der Waals surface area contributed by atoms with Crippen LogP contribution in [0, 0.1) is 0 Å². The number of furan rings is 1. The Hall–Kier alpha value is -1.94. The normalized spacial score (nSPS) is 9.29. The monoisotopic (exact) mass is 194 g/mol. The molecule has 1 aromatic heterocycles. The number of carbonyl (C=O) groups excluding carboxylic acids is 1. The van der Waals surface area contributed by atoms with E-state index in [1.54, 1.807) is 26.2 Å². The van der Waals surface area contributed by atoms with E-state index >= 15 is 0 Å². The third kappa shape index (κ3) is 2.27. The molecule has 74 valence electrons. The molecule has 1 heterocycles. The van der Waals surface area contributed by atoms with Crippen LogP contribution in [-0.2, 0) is 6.54 Å². The third-order valence-electron chi connectivity index (χ3n) is 1.57. The van der Waals surface area contributed by atoms with Gasteiger partial charge in [-0.3, -0.25) is 4.79 Å². The molecular formula is C8H10N4O2. The zero-order chi connectivity index (χ0) is 10.6. The minimum atomic E-state index is -0.211. The Morgan fingerprint density at radius 1 is 1.64 bits per heavy atom. The standard InChI is InChI=1S/C8H10N4O2/c1-12(2)8(13)7-4-3-6(14-7)5-10-11-9/h3-4H,5H2,1-2H3. The predicted octanol–water partition coefficient (Wildman–Crippen LogP) is 1.79. The summed E-state index contributed by atoms with van der Waals surface area (Å²) in [6, 6.07) is 3.18. The highest BCUT2D eigenvalue weighted by Gasteiger charge is 2.12. The quantitative estimate of drug-likeness (QED) is 0.417. The highest BCUT2D eigenvalue weighted by atomic mass is 16.4. The lowest BCUT2D eigenvalue weighted by atomic mass is 10.4. The molecule has 0 aliphatic heterocycles. The van der Waals surface area contributed by atoms with E-state index in [9.17, 15) is 4.79 Å². The fourth-order valence-electron chi connectivity index (χ4n) is 0.900. The van der Waals surface area contributed by atoms with Crippen molar-refractivity contribution in [3.05, 3.63) is 34.1 Å². The van der Waals surface area contributed by atoms with Crippen molar-refractivity contribution in [1.29, 1.82) is 0 Å². The number of hydrogen-bond acceptors (Lipinski definition) is 3. The smallest absolute Gasteiger partial charge is 0.289 e. The van der Waals surface area contributed by atoms with Gasteiger partial charge in [0.1, 0.15) is 5.76 Å². The SMILES string of the molecule is CN(C)C(=O)c1ccc(CN=[N+]=[N-])o1. The summed E-state index contributed by atoms with van der Waals surface area (Å²) in [5.41, 5.74) is 8.07.